The number of hydrogen-bond donors (Lipinski definition) is 0. The monoisotopic (exact) mass is 359 g/mol. The summed E-state index contributed by atoms with van der Waals surface area (Å²) in [6.45, 7) is 6.78. The summed E-state index contributed by atoms with van der Waals surface area (Å²) in [5, 5.41) is 0. The van der Waals surface area contributed by atoms with Crippen LogP contribution in [-0.4, -0.2) is 58.6 Å². The zero-order valence-electron chi connectivity index (χ0n) is 15.9. The summed E-state index contributed by atoms with van der Waals surface area (Å²) < 4.78 is 5.75. The van der Waals surface area contributed by atoms with Crippen molar-refractivity contribution in [3.8, 4) is 0 Å². The Morgan fingerprint density at radius 1 is 1.23 bits per heavy atom. The van der Waals surface area contributed by atoms with Crippen molar-refractivity contribution in [3.63, 3.8) is 0 Å². The third-order valence-electron chi connectivity index (χ3n) is 5.41. The van der Waals surface area contributed by atoms with Crippen molar-refractivity contribution >= 4 is 12.0 Å². The van der Waals surface area contributed by atoms with Gasteiger partial charge in [0.05, 0.1) is 12.1 Å². The fourth-order valence-corrected chi connectivity index (χ4v) is 3.83. The van der Waals surface area contributed by atoms with Gasteiger partial charge in [0.25, 0.3) is 5.91 Å². The molecule has 2 amide bonds. The van der Waals surface area contributed by atoms with Crippen molar-refractivity contribution in [2.45, 2.75) is 58.0 Å². The number of carbonyl (C=O) groups excluding carboxylic acids is 2. The normalized spacial score (nSPS) is 19.1. The van der Waals surface area contributed by atoms with E-state index in [9.17, 15) is 9.59 Å². The zero-order valence-corrected chi connectivity index (χ0v) is 15.9. The maximum absolute atomic E-state index is 12.7. The smallest absolute Gasteiger partial charge is 0.410 e. The molecule has 0 unspecified atom stereocenters. The molecule has 0 atom stereocenters. The van der Waals surface area contributed by atoms with Crippen LogP contribution in [0.1, 0.15) is 61.4 Å². The van der Waals surface area contributed by atoms with Crippen LogP contribution in [0.4, 0.5) is 4.79 Å². The van der Waals surface area contributed by atoms with Crippen LogP contribution >= 0.6 is 0 Å². The standard InChI is InChI=1S/C20H29N3O3/c1-3-4-5-6-9-23-15-20(26-19(23)25)7-10-22(11-8-20)18(24)17-12-16(2)13-21-14-17/h12-14H,3-11,15H2,1-2H3. The first-order chi connectivity index (χ1) is 12.5. The van der Waals surface area contributed by atoms with Crippen molar-refractivity contribution in [2.24, 2.45) is 0 Å². The molecule has 3 heterocycles. The van der Waals surface area contributed by atoms with Crippen LogP contribution in [0.25, 0.3) is 0 Å². The summed E-state index contributed by atoms with van der Waals surface area (Å²) in [6, 6.07) is 1.87. The molecule has 26 heavy (non-hydrogen) atoms. The lowest BCUT2D eigenvalue weighted by Crippen LogP contribution is -2.48. The molecule has 0 aliphatic carbocycles. The molecule has 1 aromatic rings. The summed E-state index contributed by atoms with van der Waals surface area (Å²) in [6.07, 6.45) is 9.16. The molecule has 0 radical (unpaired) electrons. The molecule has 0 N–H and O–H groups in total. The van der Waals surface area contributed by atoms with Gasteiger partial charge in [0.2, 0.25) is 0 Å². The number of unbranched alkanes of at least 4 members (excludes halogenated alkanes) is 3. The average molecular weight is 359 g/mol. The van der Waals surface area contributed by atoms with Gasteiger partial charge in [-0.2, -0.15) is 0 Å². The van der Waals surface area contributed by atoms with Gasteiger partial charge >= 0.3 is 6.09 Å². The number of carbonyl (C=O) groups is 2. The van der Waals surface area contributed by atoms with Gasteiger partial charge in [-0.3, -0.25) is 9.78 Å². The van der Waals surface area contributed by atoms with Crippen LogP contribution in [0.5, 0.6) is 0 Å². The average Bonchev–Trinajstić information content (AvgIpc) is 2.94. The van der Waals surface area contributed by atoms with E-state index in [0.717, 1.165) is 24.9 Å². The second-order valence-corrected chi connectivity index (χ2v) is 7.58. The zero-order chi connectivity index (χ0) is 18.6. The molecule has 2 aliphatic heterocycles. The van der Waals surface area contributed by atoms with E-state index in [-0.39, 0.29) is 12.0 Å². The highest BCUT2D eigenvalue weighted by molar-refractivity contribution is 5.94. The predicted molar refractivity (Wildman–Crippen MR) is 99.0 cm³/mol. The van der Waals surface area contributed by atoms with E-state index in [1.165, 1.54) is 12.8 Å². The molecular weight excluding hydrogens is 330 g/mol. The first kappa shape index (κ1) is 18.7. The van der Waals surface area contributed by atoms with Gasteiger partial charge in [-0.25, -0.2) is 4.79 Å². The van der Waals surface area contributed by atoms with Crippen LogP contribution in [-0.2, 0) is 4.74 Å². The van der Waals surface area contributed by atoms with E-state index in [4.69, 9.17) is 4.74 Å². The van der Waals surface area contributed by atoms with Gasteiger partial charge in [-0.05, 0) is 25.0 Å². The Labute approximate surface area is 155 Å². The lowest BCUT2D eigenvalue weighted by Gasteiger charge is -2.37. The molecule has 2 aliphatic rings. The molecule has 0 saturated carbocycles. The number of pyridine rings is 1. The van der Waals surface area contributed by atoms with E-state index in [1.807, 2.05) is 22.8 Å². The lowest BCUT2D eigenvalue weighted by atomic mass is 9.91. The van der Waals surface area contributed by atoms with E-state index in [1.54, 1.807) is 12.4 Å². The van der Waals surface area contributed by atoms with Gasteiger partial charge in [-0.1, -0.05) is 26.2 Å². The molecule has 1 spiro atoms. The third kappa shape index (κ3) is 4.17. The Kier molecular flexibility index (Phi) is 5.79. The number of amides is 2. The number of aryl methyl sites for hydroxylation is 1. The second-order valence-electron chi connectivity index (χ2n) is 7.58. The van der Waals surface area contributed by atoms with Gasteiger partial charge in [0.1, 0.15) is 5.60 Å². The molecule has 2 fully saturated rings. The van der Waals surface area contributed by atoms with Crippen molar-refractivity contribution in [1.29, 1.82) is 0 Å². The largest absolute Gasteiger partial charge is 0.441 e. The van der Waals surface area contributed by atoms with Crippen molar-refractivity contribution in [3.05, 3.63) is 29.6 Å². The minimum atomic E-state index is -0.413. The molecule has 1 aromatic heterocycles. The maximum atomic E-state index is 12.7. The molecule has 0 bridgehead atoms. The summed E-state index contributed by atoms with van der Waals surface area (Å²) in [5.74, 6) is 0.0109. The number of likely N-dealkylation sites (tertiary alicyclic amines) is 1. The van der Waals surface area contributed by atoms with Gasteiger partial charge < -0.3 is 14.5 Å². The van der Waals surface area contributed by atoms with Gasteiger partial charge in [0.15, 0.2) is 0 Å². The summed E-state index contributed by atoms with van der Waals surface area (Å²) in [5.41, 5.74) is 1.19. The Hall–Kier alpha value is -2.11. The number of rotatable bonds is 6. The Bertz CT molecular complexity index is 653. The van der Waals surface area contributed by atoms with Gasteiger partial charge in [-0.15, -0.1) is 0 Å². The lowest BCUT2D eigenvalue weighted by molar-refractivity contribution is 0.00312. The highest BCUT2D eigenvalue weighted by atomic mass is 16.6. The predicted octanol–water partition coefficient (Wildman–Crippen LogP) is 3.40. The van der Waals surface area contributed by atoms with Crippen LogP contribution in [0.15, 0.2) is 18.5 Å². The highest BCUT2D eigenvalue weighted by Gasteiger charge is 2.47. The van der Waals surface area contributed by atoms with E-state index >= 15 is 0 Å². The molecule has 3 rings (SSSR count). The summed E-state index contributed by atoms with van der Waals surface area (Å²) in [4.78, 5) is 32.7. The van der Waals surface area contributed by atoms with Crippen molar-refractivity contribution in [2.75, 3.05) is 26.2 Å². The summed E-state index contributed by atoms with van der Waals surface area (Å²) >= 11 is 0. The van der Waals surface area contributed by atoms with Crippen LogP contribution in [0, 0.1) is 6.92 Å². The Morgan fingerprint density at radius 3 is 2.69 bits per heavy atom. The Balaban J connectivity index is 1.53. The molecular formula is C20H29N3O3. The van der Waals surface area contributed by atoms with Crippen molar-refractivity contribution < 1.29 is 14.3 Å². The number of piperidine rings is 1. The first-order valence-corrected chi connectivity index (χ1v) is 9.72. The highest BCUT2D eigenvalue weighted by Crippen LogP contribution is 2.33. The third-order valence-corrected chi connectivity index (χ3v) is 5.41. The van der Waals surface area contributed by atoms with E-state index < -0.39 is 5.60 Å². The molecule has 6 heteroatoms. The number of nitrogens with zero attached hydrogens (tertiary/aromatic N) is 3. The second kappa shape index (κ2) is 8.06. The number of ether oxygens (including phenoxy) is 1. The SMILES string of the molecule is CCCCCCN1CC2(CCN(C(=O)c3cncc(C)c3)CC2)OC1=O. The van der Waals surface area contributed by atoms with Gasteiger partial charge in [0, 0.05) is 44.9 Å². The van der Waals surface area contributed by atoms with Crippen LogP contribution in [0.2, 0.25) is 0 Å². The van der Waals surface area contributed by atoms with Crippen LogP contribution < -0.4 is 0 Å². The number of aromatic nitrogens is 1. The Morgan fingerprint density at radius 2 is 2.00 bits per heavy atom. The fourth-order valence-electron chi connectivity index (χ4n) is 3.83. The molecule has 2 saturated heterocycles. The summed E-state index contributed by atoms with van der Waals surface area (Å²) in [7, 11) is 0. The minimum absolute atomic E-state index is 0.0109. The van der Waals surface area contributed by atoms with E-state index in [2.05, 4.69) is 11.9 Å². The first-order valence-electron chi connectivity index (χ1n) is 9.72. The molecule has 142 valence electrons. The van der Waals surface area contributed by atoms with Crippen LogP contribution in [0.3, 0.4) is 0 Å². The topological polar surface area (TPSA) is 62.7 Å². The fraction of sp³-hybridized carbons (Fsp3) is 0.650. The van der Waals surface area contributed by atoms with Crippen molar-refractivity contribution in [1.82, 2.24) is 14.8 Å². The number of hydrogen-bond acceptors (Lipinski definition) is 4. The molecule has 6 nitrogen and oxygen atoms in total. The minimum Gasteiger partial charge on any atom is -0.441 e. The molecule has 0 aromatic carbocycles. The van der Waals surface area contributed by atoms with E-state index in [0.29, 0.717) is 38.0 Å². The quantitative estimate of drug-likeness (QED) is 0.730. The maximum Gasteiger partial charge on any atom is 0.410 e.